The number of halogens is 6. The van der Waals surface area contributed by atoms with Gasteiger partial charge in [-0.1, -0.05) is 31.4 Å². The summed E-state index contributed by atoms with van der Waals surface area (Å²) in [6.45, 7) is 2.00. The van der Waals surface area contributed by atoms with Crippen LogP contribution in [0.5, 0.6) is 5.75 Å². The fraction of sp³-hybridized carbons (Fsp3) is 0.478. The summed E-state index contributed by atoms with van der Waals surface area (Å²) in [6, 6.07) is 5.11. The van der Waals surface area contributed by atoms with Crippen molar-refractivity contribution in [1.29, 1.82) is 0 Å². The fourth-order valence-corrected chi connectivity index (χ4v) is 6.17. The molecule has 1 unspecified atom stereocenters. The first-order valence-electron chi connectivity index (χ1n) is 10.8. The average molecular weight is 542 g/mol. The van der Waals surface area contributed by atoms with Crippen molar-refractivity contribution in [2.45, 2.75) is 67.0 Å². The summed E-state index contributed by atoms with van der Waals surface area (Å²) in [6.07, 6.45) is -0.788. The van der Waals surface area contributed by atoms with Gasteiger partial charge in [-0.25, -0.2) is 8.42 Å². The number of nitrogens with one attached hydrogen (secondary N) is 1. The number of hydrogen-bond acceptors (Lipinski definition) is 4. The van der Waals surface area contributed by atoms with Crippen LogP contribution in [0.2, 0.25) is 0 Å². The van der Waals surface area contributed by atoms with E-state index in [1.165, 1.54) is 0 Å². The lowest BCUT2D eigenvalue weighted by Gasteiger charge is -2.26. The SMILES string of the molecule is Cc1cc(CC2CCC2)cc(C)c1S(=O)(=O)NC(COc1ccc(SC(F)(F)F)cc1)C(F)(F)F. The molecule has 35 heavy (non-hydrogen) atoms. The van der Waals surface area contributed by atoms with Gasteiger partial charge >= 0.3 is 11.7 Å². The van der Waals surface area contributed by atoms with E-state index in [1.54, 1.807) is 30.7 Å². The van der Waals surface area contributed by atoms with Gasteiger partial charge in [0, 0.05) is 4.90 Å². The summed E-state index contributed by atoms with van der Waals surface area (Å²) in [5.74, 6) is 0.417. The van der Waals surface area contributed by atoms with E-state index in [4.69, 9.17) is 4.74 Å². The summed E-state index contributed by atoms with van der Waals surface area (Å²) in [4.78, 5) is -0.373. The average Bonchev–Trinajstić information content (AvgIpc) is 2.66. The molecule has 1 N–H and O–H groups in total. The molecular formula is C23H25F6NO3S2. The third-order valence-corrected chi connectivity index (χ3v) is 8.22. The van der Waals surface area contributed by atoms with Gasteiger partial charge < -0.3 is 4.74 Å². The minimum Gasteiger partial charge on any atom is -0.492 e. The Kier molecular flexibility index (Phi) is 8.37. The highest BCUT2D eigenvalue weighted by Crippen LogP contribution is 2.37. The highest BCUT2D eigenvalue weighted by Gasteiger charge is 2.43. The molecule has 0 spiro atoms. The van der Waals surface area contributed by atoms with Crippen LogP contribution in [0.4, 0.5) is 26.3 Å². The van der Waals surface area contributed by atoms with Gasteiger partial charge in [0.05, 0.1) is 4.90 Å². The zero-order chi connectivity index (χ0) is 26.0. The Labute approximate surface area is 204 Å². The summed E-state index contributed by atoms with van der Waals surface area (Å²) in [5, 5.41) is 0. The molecule has 1 aliphatic carbocycles. The molecule has 0 saturated heterocycles. The van der Waals surface area contributed by atoms with Crippen molar-refractivity contribution < 1.29 is 39.5 Å². The van der Waals surface area contributed by atoms with E-state index in [0.717, 1.165) is 55.5 Å². The van der Waals surface area contributed by atoms with Crippen LogP contribution in [0.25, 0.3) is 0 Å². The molecule has 0 aromatic heterocycles. The summed E-state index contributed by atoms with van der Waals surface area (Å²) < 4.78 is 111. The van der Waals surface area contributed by atoms with E-state index in [1.807, 2.05) is 0 Å². The number of aryl methyl sites for hydroxylation is 2. The van der Waals surface area contributed by atoms with Gasteiger partial charge in [-0.05, 0) is 78.9 Å². The maximum absolute atomic E-state index is 13.6. The maximum Gasteiger partial charge on any atom is 0.446 e. The molecule has 1 saturated carbocycles. The van der Waals surface area contributed by atoms with Gasteiger partial charge in [0.2, 0.25) is 10.0 Å². The molecule has 0 amide bonds. The largest absolute Gasteiger partial charge is 0.492 e. The standard InChI is InChI=1S/C23H25F6NO3S2/c1-14-10-17(12-16-4-3-5-16)11-15(2)21(14)35(31,32)30-20(22(24,25)26)13-33-18-6-8-19(9-7-18)34-23(27,28)29/h6-11,16,20,30H,3-5,12-13H2,1-2H3. The Morgan fingerprint density at radius 1 is 1.03 bits per heavy atom. The summed E-state index contributed by atoms with van der Waals surface area (Å²) in [7, 11) is -4.55. The van der Waals surface area contributed by atoms with Crippen LogP contribution in [0.15, 0.2) is 46.2 Å². The topological polar surface area (TPSA) is 55.4 Å². The number of benzene rings is 2. The lowest BCUT2D eigenvalue weighted by atomic mass is 9.80. The first kappa shape index (κ1) is 27.7. The predicted octanol–water partition coefficient (Wildman–Crippen LogP) is 6.55. The molecule has 1 aliphatic rings. The first-order valence-corrected chi connectivity index (χ1v) is 13.1. The van der Waals surface area contributed by atoms with Crippen molar-refractivity contribution in [3.05, 3.63) is 53.1 Å². The molecule has 2 aromatic rings. The molecule has 0 radical (unpaired) electrons. The van der Waals surface area contributed by atoms with Crippen LogP contribution in [-0.2, 0) is 16.4 Å². The number of sulfonamides is 1. The zero-order valence-corrected chi connectivity index (χ0v) is 20.6. The van der Waals surface area contributed by atoms with Crippen LogP contribution in [-0.4, -0.2) is 32.8 Å². The second kappa shape index (κ2) is 10.6. The van der Waals surface area contributed by atoms with E-state index < -0.39 is 34.4 Å². The Morgan fingerprint density at radius 3 is 2.06 bits per heavy atom. The van der Waals surface area contributed by atoms with Crippen molar-refractivity contribution in [2.75, 3.05) is 6.61 Å². The van der Waals surface area contributed by atoms with Crippen molar-refractivity contribution >= 4 is 21.8 Å². The van der Waals surface area contributed by atoms with Gasteiger partial charge in [-0.3, -0.25) is 0 Å². The van der Waals surface area contributed by atoms with Crippen molar-refractivity contribution in [3.8, 4) is 5.75 Å². The molecule has 2 aromatic carbocycles. The lowest BCUT2D eigenvalue weighted by Crippen LogP contribution is -2.49. The molecule has 3 rings (SSSR count). The number of hydrogen-bond donors (Lipinski definition) is 1. The molecule has 0 bridgehead atoms. The molecule has 0 aliphatic heterocycles. The highest BCUT2D eigenvalue weighted by atomic mass is 32.2. The Hall–Kier alpha value is -1.92. The molecule has 0 heterocycles. The Morgan fingerprint density at radius 2 is 1.60 bits per heavy atom. The summed E-state index contributed by atoms with van der Waals surface area (Å²) in [5.41, 5.74) is -2.85. The Balaban J connectivity index is 1.73. The smallest absolute Gasteiger partial charge is 0.446 e. The van der Waals surface area contributed by atoms with Crippen molar-refractivity contribution in [1.82, 2.24) is 4.72 Å². The first-order chi connectivity index (χ1) is 16.1. The van der Waals surface area contributed by atoms with Crippen LogP contribution in [0.1, 0.15) is 36.0 Å². The van der Waals surface area contributed by atoms with Crippen molar-refractivity contribution in [2.24, 2.45) is 5.92 Å². The van der Waals surface area contributed by atoms with Crippen molar-refractivity contribution in [3.63, 3.8) is 0 Å². The van der Waals surface area contributed by atoms with Crippen LogP contribution < -0.4 is 9.46 Å². The van der Waals surface area contributed by atoms with Gasteiger partial charge in [0.15, 0.2) is 6.04 Å². The van der Waals surface area contributed by atoms with E-state index in [0.29, 0.717) is 17.0 Å². The zero-order valence-electron chi connectivity index (χ0n) is 19.0. The number of thioether (sulfide) groups is 1. The second-order valence-electron chi connectivity index (χ2n) is 8.61. The molecule has 12 heteroatoms. The predicted molar refractivity (Wildman–Crippen MR) is 121 cm³/mol. The number of ether oxygens (including phenoxy) is 1. The molecule has 194 valence electrons. The van der Waals surface area contributed by atoms with Crippen LogP contribution in [0, 0.1) is 19.8 Å². The van der Waals surface area contributed by atoms with E-state index in [2.05, 4.69) is 0 Å². The molecule has 1 fully saturated rings. The summed E-state index contributed by atoms with van der Waals surface area (Å²) >= 11 is -0.373. The van der Waals surface area contributed by atoms with Gasteiger partial charge in [-0.15, -0.1) is 0 Å². The maximum atomic E-state index is 13.6. The van der Waals surface area contributed by atoms with Gasteiger partial charge in [-0.2, -0.15) is 31.1 Å². The normalized spacial score (nSPS) is 16.1. The minimum absolute atomic E-state index is 0.127. The number of rotatable bonds is 9. The third kappa shape index (κ3) is 7.78. The number of alkyl halides is 6. The van der Waals surface area contributed by atoms with Gasteiger partial charge in [0.1, 0.15) is 12.4 Å². The molecular weight excluding hydrogens is 516 g/mol. The monoisotopic (exact) mass is 541 g/mol. The fourth-order valence-electron chi connectivity index (χ4n) is 3.97. The van der Waals surface area contributed by atoms with Crippen LogP contribution in [0.3, 0.4) is 0 Å². The minimum atomic E-state index is -4.97. The van der Waals surface area contributed by atoms with Gasteiger partial charge in [0.25, 0.3) is 0 Å². The second-order valence-corrected chi connectivity index (χ2v) is 11.4. The van der Waals surface area contributed by atoms with E-state index in [9.17, 15) is 34.8 Å². The molecule has 1 atom stereocenters. The third-order valence-electron chi connectivity index (χ3n) is 5.70. The highest BCUT2D eigenvalue weighted by molar-refractivity contribution is 8.00. The lowest BCUT2D eigenvalue weighted by molar-refractivity contribution is -0.157. The Bertz CT molecular complexity index is 1100. The van der Waals surface area contributed by atoms with E-state index in [-0.39, 0.29) is 27.3 Å². The quantitative estimate of drug-likeness (QED) is 0.289. The van der Waals surface area contributed by atoms with Crippen LogP contribution >= 0.6 is 11.8 Å². The van der Waals surface area contributed by atoms with E-state index >= 15 is 0 Å². The molecule has 4 nitrogen and oxygen atoms in total.